The summed E-state index contributed by atoms with van der Waals surface area (Å²) in [4.78, 5) is 0. The molecule has 0 aromatic heterocycles. The average Bonchev–Trinajstić information content (AvgIpc) is 2.41. The van der Waals surface area contributed by atoms with Crippen LogP contribution in [-0.4, -0.2) is 11.7 Å². The highest BCUT2D eigenvalue weighted by molar-refractivity contribution is 9.10. The van der Waals surface area contributed by atoms with Gasteiger partial charge in [-0.05, 0) is 46.3 Å². The summed E-state index contributed by atoms with van der Waals surface area (Å²) < 4.78 is 27.6. The molecule has 0 amide bonds. The lowest BCUT2D eigenvalue weighted by atomic mass is 10.1. The Morgan fingerprint density at radius 1 is 1.16 bits per heavy atom. The predicted molar refractivity (Wildman–Crippen MR) is 73.9 cm³/mol. The topological polar surface area (TPSA) is 32.3 Å². The van der Waals surface area contributed by atoms with E-state index in [1.165, 1.54) is 0 Å². The molecule has 2 aromatic carbocycles. The van der Waals surface area contributed by atoms with E-state index < -0.39 is 17.7 Å². The molecule has 0 aliphatic heterocycles. The second kappa shape index (κ2) is 6.12. The molecule has 0 bridgehead atoms. The zero-order valence-electron chi connectivity index (χ0n) is 9.91. The van der Waals surface area contributed by atoms with E-state index in [0.717, 1.165) is 22.7 Å². The van der Waals surface area contributed by atoms with Crippen LogP contribution < -0.4 is 5.32 Å². The van der Waals surface area contributed by atoms with Crippen LogP contribution in [0.25, 0.3) is 0 Å². The van der Waals surface area contributed by atoms with Crippen LogP contribution in [0, 0.1) is 11.6 Å². The standard InChI is InChI=1S/C14H12BrF2NO/c15-11-3-1-2-4-13(11)18-14(8-19)10-7-9(16)5-6-12(10)17/h1-7,14,18-19H,8H2. The van der Waals surface area contributed by atoms with Gasteiger partial charge < -0.3 is 10.4 Å². The molecule has 0 aliphatic carbocycles. The lowest BCUT2D eigenvalue weighted by molar-refractivity contribution is 0.273. The fraction of sp³-hybridized carbons (Fsp3) is 0.143. The molecule has 0 radical (unpaired) electrons. The van der Waals surface area contributed by atoms with Crippen molar-refractivity contribution in [3.63, 3.8) is 0 Å². The number of para-hydroxylation sites is 1. The summed E-state index contributed by atoms with van der Waals surface area (Å²) in [5.41, 5.74) is 0.795. The number of hydrogen-bond acceptors (Lipinski definition) is 2. The molecular formula is C14H12BrF2NO. The second-order valence-electron chi connectivity index (χ2n) is 4.03. The summed E-state index contributed by atoms with van der Waals surface area (Å²) in [6.07, 6.45) is 0. The second-order valence-corrected chi connectivity index (χ2v) is 4.88. The monoisotopic (exact) mass is 327 g/mol. The molecule has 2 rings (SSSR count). The molecule has 2 N–H and O–H groups in total. The molecule has 2 nitrogen and oxygen atoms in total. The van der Waals surface area contributed by atoms with Gasteiger partial charge in [0, 0.05) is 15.7 Å². The van der Waals surface area contributed by atoms with Crippen molar-refractivity contribution in [2.45, 2.75) is 6.04 Å². The highest BCUT2D eigenvalue weighted by Crippen LogP contribution is 2.27. The molecule has 0 aliphatic rings. The summed E-state index contributed by atoms with van der Waals surface area (Å²) in [7, 11) is 0. The van der Waals surface area contributed by atoms with Crippen molar-refractivity contribution in [1.82, 2.24) is 0 Å². The van der Waals surface area contributed by atoms with Crippen LogP contribution in [0.5, 0.6) is 0 Å². The summed E-state index contributed by atoms with van der Waals surface area (Å²) in [5.74, 6) is -1.09. The van der Waals surface area contributed by atoms with Gasteiger partial charge in [0.25, 0.3) is 0 Å². The summed E-state index contributed by atoms with van der Waals surface area (Å²) in [5, 5.41) is 12.4. The lowest BCUT2D eigenvalue weighted by Crippen LogP contribution is -2.16. The summed E-state index contributed by atoms with van der Waals surface area (Å²) in [6, 6.07) is 9.72. The minimum atomic E-state index is -0.714. The van der Waals surface area contributed by atoms with E-state index in [2.05, 4.69) is 21.2 Å². The van der Waals surface area contributed by atoms with Crippen molar-refractivity contribution in [3.05, 3.63) is 64.1 Å². The number of benzene rings is 2. The van der Waals surface area contributed by atoms with Crippen LogP contribution in [0.2, 0.25) is 0 Å². The zero-order chi connectivity index (χ0) is 13.8. The Kier molecular flexibility index (Phi) is 4.50. The molecule has 1 atom stereocenters. The van der Waals surface area contributed by atoms with Crippen molar-refractivity contribution in [2.75, 3.05) is 11.9 Å². The number of aliphatic hydroxyl groups excluding tert-OH is 1. The quantitative estimate of drug-likeness (QED) is 0.893. The lowest BCUT2D eigenvalue weighted by Gasteiger charge is -2.19. The van der Waals surface area contributed by atoms with E-state index in [0.29, 0.717) is 5.69 Å². The Bertz CT molecular complexity index is 577. The van der Waals surface area contributed by atoms with E-state index >= 15 is 0 Å². The molecule has 0 saturated carbocycles. The highest BCUT2D eigenvalue weighted by atomic mass is 79.9. The van der Waals surface area contributed by atoms with E-state index in [4.69, 9.17) is 0 Å². The van der Waals surface area contributed by atoms with Gasteiger partial charge in [-0.1, -0.05) is 12.1 Å². The minimum Gasteiger partial charge on any atom is -0.394 e. The normalized spacial score (nSPS) is 12.2. The van der Waals surface area contributed by atoms with Gasteiger partial charge in [0.1, 0.15) is 11.6 Å². The Morgan fingerprint density at radius 3 is 2.58 bits per heavy atom. The van der Waals surface area contributed by atoms with Crippen LogP contribution in [0.4, 0.5) is 14.5 Å². The number of halogens is 3. The molecule has 0 saturated heterocycles. The minimum absolute atomic E-state index is 0.0956. The Balaban J connectivity index is 2.30. The first-order chi connectivity index (χ1) is 9.11. The van der Waals surface area contributed by atoms with Gasteiger partial charge in [0.05, 0.1) is 12.6 Å². The third-order valence-corrected chi connectivity index (χ3v) is 3.41. The van der Waals surface area contributed by atoms with E-state index in [1.54, 1.807) is 6.07 Å². The molecule has 100 valence electrons. The number of aliphatic hydroxyl groups is 1. The van der Waals surface area contributed by atoms with Crippen LogP contribution in [0.15, 0.2) is 46.9 Å². The van der Waals surface area contributed by atoms with E-state index in [-0.39, 0.29) is 12.2 Å². The SMILES string of the molecule is OCC(Nc1ccccc1Br)c1cc(F)ccc1F. The van der Waals surface area contributed by atoms with Crippen LogP contribution >= 0.6 is 15.9 Å². The zero-order valence-corrected chi connectivity index (χ0v) is 11.5. The average molecular weight is 328 g/mol. The largest absolute Gasteiger partial charge is 0.394 e. The Morgan fingerprint density at radius 2 is 1.89 bits per heavy atom. The van der Waals surface area contributed by atoms with Crippen molar-refractivity contribution < 1.29 is 13.9 Å². The molecule has 2 aromatic rings. The first-order valence-electron chi connectivity index (χ1n) is 5.68. The maximum atomic E-state index is 13.7. The molecule has 0 spiro atoms. The number of anilines is 1. The molecule has 0 fully saturated rings. The van der Waals surface area contributed by atoms with Crippen LogP contribution in [-0.2, 0) is 0 Å². The van der Waals surface area contributed by atoms with Gasteiger partial charge in [0.2, 0.25) is 0 Å². The van der Waals surface area contributed by atoms with E-state index in [1.807, 2.05) is 18.2 Å². The Hall–Kier alpha value is -1.46. The fourth-order valence-electron chi connectivity index (χ4n) is 1.77. The van der Waals surface area contributed by atoms with Gasteiger partial charge in [0.15, 0.2) is 0 Å². The fourth-order valence-corrected chi connectivity index (χ4v) is 2.17. The van der Waals surface area contributed by atoms with Gasteiger partial charge >= 0.3 is 0 Å². The number of rotatable bonds is 4. The van der Waals surface area contributed by atoms with Crippen molar-refractivity contribution in [2.24, 2.45) is 0 Å². The van der Waals surface area contributed by atoms with Gasteiger partial charge in [-0.25, -0.2) is 8.78 Å². The molecular weight excluding hydrogens is 316 g/mol. The maximum Gasteiger partial charge on any atom is 0.128 e. The molecule has 1 unspecified atom stereocenters. The first-order valence-corrected chi connectivity index (χ1v) is 6.48. The Labute approximate surface area is 118 Å². The maximum absolute atomic E-state index is 13.7. The smallest absolute Gasteiger partial charge is 0.128 e. The molecule has 5 heteroatoms. The summed E-state index contributed by atoms with van der Waals surface area (Å²) in [6.45, 7) is -0.346. The summed E-state index contributed by atoms with van der Waals surface area (Å²) >= 11 is 3.35. The van der Waals surface area contributed by atoms with E-state index in [9.17, 15) is 13.9 Å². The van der Waals surface area contributed by atoms with Crippen molar-refractivity contribution >= 4 is 21.6 Å². The van der Waals surface area contributed by atoms with Gasteiger partial charge in [-0.3, -0.25) is 0 Å². The highest BCUT2D eigenvalue weighted by Gasteiger charge is 2.16. The molecule has 19 heavy (non-hydrogen) atoms. The van der Waals surface area contributed by atoms with Crippen molar-refractivity contribution in [3.8, 4) is 0 Å². The predicted octanol–water partition coefficient (Wildman–Crippen LogP) is 3.87. The molecule has 0 heterocycles. The number of nitrogens with one attached hydrogen (secondary N) is 1. The van der Waals surface area contributed by atoms with Gasteiger partial charge in [-0.2, -0.15) is 0 Å². The third kappa shape index (κ3) is 3.30. The van der Waals surface area contributed by atoms with Crippen LogP contribution in [0.3, 0.4) is 0 Å². The van der Waals surface area contributed by atoms with Crippen LogP contribution in [0.1, 0.15) is 11.6 Å². The first kappa shape index (κ1) is 14.0. The van der Waals surface area contributed by atoms with Crippen molar-refractivity contribution in [1.29, 1.82) is 0 Å². The number of hydrogen-bond donors (Lipinski definition) is 2. The third-order valence-electron chi connectivity index (χ3n) is 2.72. The van der Waals surface area contributed by atoms with Gasteiger partial charge in [-0.15, -0.1) is 0 Å².